The van der Waals surface area contributed by atoms with Crippen molar-refractivity contribution < 1.29 is 9.53 Å². The summed E-state index contributed by atoms with van der Waals surface area (Å²) in [6, 6.07) is 6.78. The van der Waals surface area contributed by atoms with Crippen LogP contribution in [0.4, 0.5) is 5.69 Å². The van der Waals surface area contributed by atoms with Crippen molar-refractivity contribution in [2.45, 2.75) is 33.3 Å². The smallest absolute Gasteiger partial charge is 0.332 e. The molecule has 8 nitrogen and oxygen atoms in total. The number of benzene rings is 1. The lowest BCUT2D eigenvalue weighted by atomic mass is 10.1. The molecule has 0 aliphatic heterocycles. The lowest BCUT2D eigenvalue weighted by Crippen LogP contribution is -2.38. The Morgan fingerprint density at radius 1 is 1.14 bits per heavy atom. The van der Waals surface area contributed by atoms with Crippen LogP contribution in [0, 0.1) is 0 Å². The van der Waals surface area contributed by atoms with Gasteiger partial charge in [-0.25, -0.2) is 9.78 Å². The van der Waals surface area contributed by atoms with E-state index in [0.29, 0.717) is 29.0 Å². The Morgan fingerprint density at radius 3 is 2.38 bits per heavy atom. The molecule has 152 valence electrons. The molecule has 8 heteroatoms. The number of hydrogen-bond donors (Lipinski definition) is 1. The first-order chi connectivity index (χ1) is 13.7. The molecule has 0 spiro atoms. The van der Waals surface area contributed by atoms with Crippen LogP contribution in [-0.4, -0.2) is 26.1 Å². The quantitative estimate of drug-likeness (QED) is 0.714. The summed E-state index contributed by atoms with van der Waals surface area (Å²) in [6.07, 6.45) is 2.18. The molecule has 1 amide bonds. The molecule has 0 unspecified atom stereocenters. The SMILES string of the molecule is CCc1cnc2c(c1NC(=O)c1ccc(OC(C)C)cc1)c(=O)n(C)c(=O)n2C. The predicted molar refractivity (Wildman–Crippen MR) is 112 cm³/mol. The zero-order valence-corrected chi connectivity index (χ0v) is 17.1. The summed E-state index contributed by atoms with van der Waals surface area (Å²) < 4.78 is 7.90. The lowest BCUT2D eigenvalue weighted by molar-refractivity contribution is 0.102. The molecule has 0 saturated carbocycles. The minimum atomic E-state index is -0.498. The number of rotatable bonds is 5. The van der Waals surface area contributed by atoms with Crippen molar-refractivity contribution in [3.8, 4) is 5.75 Å². The number of amides is 1. The summed E-state index contributed by atoms with van der Waals surface area (Å²) >= 11 is 0. The highest BCUT2D eigenvalue weighted by Crippen LogP contribution is 2.24. The number of carbonyl (C=O) groups is 1. The molecule has 2 aromatic heterocycles. The Bertz CT molecular complexity index is 1190. The Morgan fingerprint density at radius 2 is 1.79 bits per heavy atom. The molecule has 0 radical (unpaired) electrons. The van der Waals surface area contributed by atoms with E-state index in [1.54, 1.807) is 37.5 Å². The van der Waals surface area contributed by atoms with Gasteiger partial charge in [-0.1, -0.05) is 6.92 Å². The molecule has 1 N–H and O–H groups in total. The van der Waals surface area contributed by atoms with Crippen molar-refractivity contribution in [2.75, 3.05) is 5.32 Å². The van der Waals surface area contributed by atoms with E-state index in [2.05, 4.69) is 10.3 Å². The predicted octanol–water partition coefficient (Wildman–Crippen LogP) is 2.23. The second-order valence-electron chi connectivity index (χ2n) is 7.06. The van der Waals surface area contributed by atoms with Gasteiger partial charge in [-0.2, -0.15) is 0 Å². The minimum Gasteiger partial charge on any atom is -0.491 e. The van der Waals surface area contributed by atoms with E-state index in [1.807, 2.05) is 20.8 Å². The third kappa shape index (κ3) is 3.78. The first-order valence-electron chi connectivity index (χ1n) is 9.40. The highest BCUT2D eigenvalue weighted by Gasteiger charge is 2.19. The number of carbonyl (C=O) groups excluding carboxylic acids is 1. The van der Waals surface area contributed by atoms with Gasteiger partial charge in [-0.05, 0) is 50.1 Å². The fraction of sp³-hybridized carbons (Fsp3) is 0.333. The third-order valence-corrected chi connectivity index (χ3v) is 4.66. The molecule has 3 aromatic rings. The molecule has 0 bridgehead atoms. The Kier molecular flexibility index (Phi) is 5.54. The number of fused-ring (bicyclic) bond motifs is 1. The second kappa shape index (κ2) is 7.90. The topological polar surface area (TPSA) is 95.2 Å². The van der Waals surface area contributed by atoms with Gasteiger partial charge in [0.05, 0.1) is 11.8 Å². The van der Waals surface area contributed by atoms with Crippen molar-refractivity contribution in [3.05, 3.63) is 62.4 Å². The summed E-state index contributed by atoms with van der Waals surface area (Å²) in [5.41, 5.74) is 0.766. The number of aryl methyl sites for hydroxylation is 2. The van der Waals surface area contributed by atoms with Crippen LogP contribution in [0.15, 0.2) is 40.1 Å². The molecule has 1 aromatic carbocycles. The van der Waals surface area contributed by atoms with Gasteiger partial charge in [0.2, 0.25) is 0 Å². The van der Waals surface area contributed by atoms with Crippen molar-refractivity contribution in [1.82, 2.24) is 14.1 Å². The van der Waals surface area contributed by atoms with Crippen LogP contribution in [0.2, 0.25) is 0 Å². The monoisotopic (exact) mass is 396 g/mol. The second-order valence-corrected chi connectivity index (χ2v) is 7.06. The van der Waals surface area contributed by atoms with Crippen LogP contribution < -0.4 is 21.3 Å². The third-order valence-electron chi connectivity index (χ3n) is 4.66. The van der Waals surface area contributed by atoms with Gasteiger partial charge in [0.1, 0.15) is 11.1 Å². The van der Waals surface area contributed by atoms with E-state index in [1.165, 1.54) is 11.6 Å². The molecule has 0 aliphatic rings. The van der Waals surface area contributed by atoms with E-state index < -0.39 is 11.2 Å². The zero-order valence-electron chi connectivity index (χ0n) is 17.1. The van der Waals surface area contributed by atoms with Crippen LogP contribution in [-0.2, 0) is 20.5 Å². The van der Waals surface area contributed by atoms with Gasteiger partial charge in [0.15, 0.2) is 5.65 Å². The highest BCUT2D eigenvalue weighted by atomic mass is 16.5. The fourth-order valence-electron chi connectivity index (χ4n) is 3.12. The molecular weight excluding hydrogens is 372 g/mol. The van der Waals surface area contributed by atoms with Crippen molar-refractivity contribution >= 4 is 22.6 Å². The summed E-state index contributed by atoms with van der Waals surface area (Å²) in [7, 11) is 2.95. The van der Waals surface area contributed by atoms with Crippen molar-refractivity contribution in [3.63, 3.8) is 0 Å². The van der Waals surface area contributed by atoms with E-state index in [9.17, 15) is 14.4 Å². The molecule has 3 rings (SSSR count). The molecule has 0 atom stereocenters. The molecule has 0 saturated heterocycles. The van der Waals surface area contributed by atoms with Gasteiger partial charge in [-0.3, -0.25) is 18.7 Å². The number of nitrogens with zero attached hydrogens (tertiary/aromatic N) is 3. The van der Waals surface area contributed by atoms with E-state index in [0.717, 1.165) is 4.57 Å². The summed E-state index contributed by atoms with van der Waals surface area (Å²) in [5.74, 6) is 0.309. The number of ether oxygens (including phenoxy) is 1. The molecule has 29 heavy (non-hydrogen) atoms. The lowest BCUT2D eigenvalue weighted by Gasteiger charge is -2.15. The van der Waals surface area contributed by atoms with E-state index in [-0.39, 0.29) is 23.0 Å². The van der Waals surface area contributed by atoms with E-state index in [4.69, 9.17) is 4.74 Å². The summed E-state index contributed by atoms with van der Waals surface area (Å²) in [5, 5.41) is 3.06. The average Bonchev–Trinajstić information content (AvgIpc) is 2.70. The van der Waals surface area contributed by atoms with Gasteiger partial charge in [-0.15, -0.1) is 0 Å². The standard InChI is InChI=1S/C21H24N4O4/c1-6-13-11-22-18-16(20(27)25(5)21(28)24(18)4)17(13)23-19(26)14-7-9-15(10-8-14)29-12(2)3/h7-12H,6H2,1-5H3,(H,22,23,26). The zero-order chi connectivity index (χ0) is 21.3. The number of aromatic nitrogens is 3. The highest BCUT2D eigenvalue weighted by molar-refractivity contribution is 6.08. The van der Waals surface area contributed by atoms with Crippen LogP contribution in [0.25, 0.3) is 11.0 Å². The minimum absolute atomic E-state index is 0.0350. The summed E-state index contributed by atoms with van der Waals surface area (Å²) in [4.78, 5) is 42.1. The fourth-order valence-corrected chi connectivity index (χ4v) is 3.12. The Balaban J connectivity index is 2.08. The number of hydrogen-bond acceptors (Lipinski definition) is 5. The number of nitrogens with one attached hydrogen (secondary N) is 1. The summed E-state index contributed by atoms with van der Waals surface area (Å²) in [6.45, 7) is 5.76. The maximum atomic E-state index is 12.9. The van der Waals surface area contributed by atoms with Crippen LogP contribution in [0.1, 0.15) is 36.7 Å². The van der Waals surface area contributed by atoms with Crippen LogP contribution in [0.3, 0.4) is 0 Å². The van der Waals surface area contributed by atoms with Gasteiger partial charge in [0.25, 0.3) is 11.5 Å². The largest absolute Gasteiger partial charge is 0.491 e. The number of anilines is 1. The van der Waals surface area contributed by atoms with Crippen molar-refractivity contribution in [2.24, 2.45) is 14.1 Å². The normalized spacial score (nSPS) is 11.1. The van der Waals surface area contributed by atoms with Crippen LogP contribution >= 0.6 is 0 Å². The Labute approximate surface area is 167 Å². The first kappa shape index (κ1) is 20.3. The van der Waals surface area contributed by atoms with Gasteiger partial charge < -0.3 is 10.1 Å². The Hall–Kier alpha value is -3.42. The van der Waals surface area contributed by atoms with Gasteiger partial charge in [0, 0.05) is 25.9 Å². The van der Waals surface area contributed by atoms with Crippen molar-refractivity contribution in [1.29, 1.82) is 0 Å². The molecule has 2 heterocycles. The maximum absolute atomic E-state index is 12.9. The first-order valence-corrected chi connectivity index (χ1v) is 9.40. The molecule has 0 fully saturated rings. The van der Waals surface area contributed by atoms with Gasteiger partial charge >= 0.3 is 5.69 Å². The number of pyridine rings is 1. The maximum Gasteiger partial charge on any atom is 0.332 e. The van der Waals surface area contributed by atoms with Crippen LogP contribution in [0.5, 0.6) is 5.75 Å². The molecule has 0 aliphatic carbocycles. The average molecular weight is 396 g/mol. The van der Waals surface area contributed by atoms with E-state index >= 15 is 0 Å². The molecular formula is C21H24N4O4.